The highest BCUT2D eigenvalue weighted by Crippen LogP contribution is 2.37. The third-order valence-corrected chi connectivity index (χ3v) is 5.37. The molecule has 2 fully saturated rings. The lowest BCUT2D eigenvalue weighted by Crippen LogP contribution is -2.45. The quantitative estimate of drug-likeness (QED) is 0.667. The van der Waals surface area contributed by atoms with E-state index in [2.05, 4.69) is 10.3 Å². The molecule has 0 spiro atoms. The highest BCUT2D eigenvalue weighted by molar-refractivity contribution is 5.92. The average Bonchev–Trinajstić information content (AvgIpc) is 3.39. The van der Waals surface area contributed by atoms with E-state index in [-0.39, 0.29) is 29.0 Å². The van der Waals surface area contributed by atoms with E-state index in [4.69, 9.17) is 5.73 Å². The van der Waals surface area contributed by atoms with Crippen molar-refractivity contribution in [2.45, 2.75) is 44.3 Å². The molecule has 9 nitrogen and oxygen atoms in total. The van der Waals surface area contributed by atoms with Gasteiger partial charge in [0.15, 0.2) is 0 Å². The predicted molar refractivity (Wildman–Crippen MR) is 104 cm³/mol. The Morgan fingerprint density at radius 3 is 2.72 bits per heavy atom. The Hall–Kier alpha value is -3.01. The van der Waals surface area contributed by atoms with Gasteiger partial charge in [-0.2, -0.15) is 0 Å². The molecular formula is C19H22FN5O4. The van der Waals surface area contributed by atoms with Crippen LogP contribution in [-0.4, -0.2) is 51.7 Å². The maximum atomic E-state index is 14.9. The molecule has 2 aromatic rings. The second-order valence-corrected chi connectivity index (χ2v) is 7.71. The number of carboxylic acids is 1. The maximum absolute atomic E-state index is 14.9. The van der Waals surface area contributed by atoms with Crippen molar-refractivity contribution in [3.8, 4) is 0 Å². The third-order valence-electron chi connectivity index (χ3n) is 5.37. The molecule has 1 aliphatic heterocycles. The first kappa shape index (κ1) is 19.3. The Kier molecular flexibility index (Phi) is 4.73. The highest BCUT2D eigenvalue weighted by atomic mass is 19.1. The number of carbonyl (C=O) groups excluding carboxylic acids is 1. The standard InChI is InChI=1S/C19H22FN5O4/c1-9(21)18(27)22-10-4-5-24(7-10)14-6-13(20)15-16(26)12(19(28)29)8-25(11-2-3-11)17(15)23-14/h6,8-11H,2-5,7,21H2,1H3,(H,22,27)(H,28,29)/t9-,10?/m0/s1. The normalized spacial score (nSPS) is 20.1. The Morgan fingerprint density at radius 1 is 1.38 bits per heavy atom. The minimum Gasteiger partial charge on any atom is -0.477 e. The van der Waals surface area contributed by atoms with E-state index in [1.807, 2.05) is 4.90 Å². The average molecular weight is 403 g/mol. The molecule has 1 amide bonds. The summed E-state index contributed by atoms with van der Waals surface area (Å²) < 4.78 is 16.5. The lowest BCUT2D eigenvalue weighted by molar-refractivity contribution is -0.122. The second kappa shape index (κ2) is 7.11. The molecule has 10 heteroatoms. The van der Waals surface area contributed by atoms with Crippen molar-refractivity contribution in [1.29, 1.82) is 0 Å². The Bertz CT molecular complexity index is 1060. The van der Waals surface area contributed by atoms with E-state index in [0.29, 0.717) is 25.3 Å². The number of amides is 1. The SMILES string of the molecule is C[C@H](N)C(=O)NC1CCN(c2cc(F)c3c(=O)c(C(=O)O)cn(C4CC4)c3n2)C1. The van der Waals surface area contributed by atoms with Gasteiger partial charge in [-0.3, -0.25) is 9.59 Å². The highest BCUT2D eigenvalue weighted by Gasteiger charge is 2.31. The Labute approximate surface area is 165 Å². The van der Waals surface area contributed by atoms with Gasteiger partial charge in [-0.05, 0) is 26.2 Å². The number of aromatic carboxylic acids is 1. The summed E-state index contributed by atoms with van der Waals surface area (Å²) in [4.78, 5) is 42.1. The molecule has 0 radical (unpaired) electrons. The lowest BCUT2D eigenvalue weighted by atomic mass is 10.1. The summed E-state index contributed by atoms with van der Waals surface area (Å²) in [6.07, 6.45) is 3.56. The summed E-state index contributed by atoms with van der Waals surface area (Å²) in [7, 11) is 0. The van der Waals surface area contributed by atoms with Crippen molar-refractivity contribution < 1.29 is 19.1 Å². The molecule has 1 saturated carbocycles. The molecule has 1 unspecified atom stereocenters. The van der Waals surface area contributed by atoms with Crippen molar-refractivity contribution in [2.24, 2.45) is 5.73 Å². The zero-order valence-electron chi connectivity index (χ0n) is 15.9. The number of carbonyl (C=O) groups is 2. The summed E-state index contributed by atoms with van der Waals surface area (Å²) in [5.74, 6) is -2.08. The molecule has 4 rings (SSSR count). The first-order valence-corrected chi connectivity index (χ1v) is 9.56. The molecule has 154 valence electrons. The van der Waals surface area contributed by atoms with Crippen LogP contribution in [0.5, 0.6) is 0 Å². The number of rotatable bonds is 5. The number of nitrogens with zero attached hydrogens (tertiary/aromatic N) is 3. The summed E-state index contributed by atoms with van der Waals surface area (Å²) >= 11 is 0. The van der Waals surface area contributed by atoms with Gasteiger partial charge in [0.25, 0.3) is 0 Å². The zero-order chi connectivity index (χ0) is 20.9. The second-order valence-electron chi connectivity index (χ2n) is 7.71. The van der Waals surface area contributed by atoms with Gasteiger partial charge in [0, 0.05) is 37.4 Å². The Balaban J connectivity index is 1.72. The first-order chi connectivity index (χ1) is 13.8. The van der Waals surface area contributed by atoms with Crippen molar-refractivity contribution in [3.05, 3.63) is 33.9 Å². The molecule has 4 N–H and O–H groups in total. The van der Waals surface area contributed by atoms with Crippen LogP contribution in [-0.2, 0) is 4.79 Å². The van der Waals surface area contributed by atoms with Crippen molar-refractivity contribution in [1.82, 2.24) is 14.9 Å². The van der Waals surface area contributed by atoms with Crippen LogP contribution in [0.3, 0.4) is 0 Å². The molecule has 0 aromatic carbocycles. The molecule has 2 aromatic heterocycles. The van der Waals surface area contributed by atoms with Crippen LogP contribution in [0.4, 0.5) is 10.2 Å². The van der Waals surface area contributed by atoms with Gasteiger partial charge in [0.05, 0.1) is 6.04 Å². The number of fused-ring (bicyclic) bond motifs is 1. The Morgan fingerprint density at radius 2 is 2.10 bits per heavy atom. The summed E-state index contributed by atoms with van der Waals surface area (Å²) in [6, 6.07) is 0.420. The number of nitrogens with two attached hydrogens (primary N) is 1. The van der Waals surface area contributed by atoms with Crippen LogP contribution >= 0.6 is 0 Å². The molecule has 2 atom stereocenters. The van der Waals surface area contributed by atoms with Gasteiger partial charge in [-0.1, -0.05) is 0 Å². The molecule has 2 aliphatic rings. The first-order valence-electron chi connectivity index (χ1n) is 9.56. The van der Waals surface area contributed by atoms with Crippen molar-refractivity contribution >= 4 is 28.7 Å². The van der Waals surface area contributed by atoms with Crippen LogP contribution in [0.1, 0.15) is 42.6 Å². The smallest absolute Gasteiger partial charge is 0.341 e. The maximum Gasteiger partial charge on any atom is 0.341 e. The summed E-state index contributed by atoms with van der Waals surface area (Å²) in [6.45, 7) is 2.60. The zero-order valence-corrected chi connectivity index (χ0v) is 15.9. The summed E-state index contributed by atoms with van der Waals surface area (Å²) in [5, 5.41) is 11.8. The van der Waals surface area contributed by atoms with Crippen molar-refractivity contribution in [2.75, 3.05) is 18.0 Å². The van der Waals surface area contributed by atoms with Crippen LogP contribution in [0.15, 0.2) is 17.1 Å². The van der Waals surface area contributed by atoms with Crippen LogP contribution in [0, 0.1) is 5.82 Å². The van der Waals surface area contributed by atoms with Crippen LogP contribution < -0.4 is 21.4 Å². The van der Waals surface area contributed by atoms with Gasteiger partial charge in [-0.15, -0.1) is 0 Å². The topological polar surface area (TPSA) is 131 Å². The fraction of sp³-hybridized carbons (Fsp3) is 0.474. The molecule has 1 aliphatic carbocycles. The molecule has 0 bridgehead atoms. The van der Waals surface area contributed by atoms with E-state index < -0.39 is 28.8 Å². The number of carboxylic acid groups (broad SMARTS) is 1. The fourth-order valence-corrected chi connectivity index (χ4v) is 3.64. The molecule has 3 heterocycles. The van der Waals surface area contributed by atoms with Gasteiger partial charge in [0.1, 0.15) is 28.2 Å². The van der Waals surface area contributed by atoms with Crippen LogP contribution in [0.25, 0.3) is 11.0 Å². The minimum atomic E-state index is -1.39. The molecular weight excluding hydrogens is 381 g/mol. The van der Waals surface area contributed by atoms with Gasteiger partial charge < -0.3 is 25.6 Å². The number of pyridine rings is 2. The van der Waals surface area contributed by atoms with Crippen molar-refractivity contribution in [3.63, 3.8) is 0 Å². The van der Waals surface area contributed by atoms with E-state index in [1.165, 1.54) is 6.20 Å². The molecule has 1 saturated heterocycles. The third kappa shape index (κ3) is 3.55. The van der Waals surface area contributed by atoms with Crippen LogP contribution in [0.2, 0.25) is 0 Å². The van der Waals surface area contributed by atoms with E-state index in [9.17, 15) is 23.9 Å². The molecule has 29 heavy (non-hydrogen) atoms. The van der Waals surface area contributed by atoms with Gasteiger partial charge in [-0.25, -0.2) is 14.2 Å². The van der Waals surface area contributed by atoms with E-state index in [0.717, 1.165) is 18.9 Å². The van der Waals surface area contributed by atoms with E-state index in [1.54, 1.807) is 11.5 Å². The van der Waals surface area contributed by atoms with Gasteiger partial charge in [0.2, 0.25) is 11.3 Å². The summed E-state index contributed by atoms with van der Waals surface area (Å²) in [5.41, 5.74) is 4.40. The lowest BCUT2D eigenvalue weighted by Gasteiger charge is -2.20. The predicted octanol–water partition coefficient (Wildman–Crippen LogP) is 0.611. The number of hydrogen-bond donors (Lipinski definition) is 3. The van der Waals surface area contributed by atoms with Gasteiger partial charge >= 0.3 is 5.97 Å². The fourth-order valence-electron chi connectivity index (χ4n) is 3.64. The number of anilines is 1. The minimum absolute atomic E-state index is 0.00927. The number of nitrogens with one attached hydrogen (secondary N) is 1. The number of halogens is 1. The largest absolute Gasteiger partial charge is 0.477 e. The number of aromatic nitrogens is 2. The monoisotopic (exact) mass is 403 g/mol. The number of hydrogen-bond acceptors (Lipinski definition) is 6. The van der Waals surface area contributed by atoms with E-state index >= 15 is 0 Å².